The van der Waals surface area contributed by atoms with Gasteiger partial charge in [-0.05, 0) is 22.3 Å². The second-order valence-corrected chi connectivity index (χ2v) is 13.5. The molecule has 2 aromatic rings. The van der Waals surface area contributed by atoms with Crippen LogP contribution in [0.15, 0.2) is 72.8 Å². The summed E-state index contributed by atoms with van der Waals surface area (Å²) in [6.07, 6.45) is 4.67. The number of methoxy groups -OCH3 is 1. The lowest BCUT2D eigenvalue weighted by molar-refractivity contribution is -0.207. The largest absolute Gasteiger partial charge is 0.404 e. The van der Waals surface area contributed by atoms with E-state index in [4.69, 9.17) is 13.9 Å². The zero-order valence-corrected chi connectivity index (χ0v) is 20.2. The zero-order chi connectivity index (χ0) is 21.8. The van der Waals surface area contributed by atoms with Gasteiger partial charge in [0.1, 0.15) is 0 Å². The van der Waals surface area contributed by atoms with Crippen LogP contribution in [-0.2, 0) is 13.9 Å². The second kappa shape index (κ2) is 9.61. The van der Waals surface area contributed by atoms with Gasteiger partial charge in [-0.15, -0.1) is 0 Å². The molecule has 30 heavy (non-hydrogen) atoms. The molecule has 1 unspecified atom stereocenters. The third kappa shape index (κ3) is 4.47. The summed E-state index contributed by atoms with van der Waals surface area (Å²) in [7, 11) is -0.893. The van der Waals surface area contributed by atoms with Crippen molar-refractivity contribution in [3.63, 3.8) is 0 Å². The molecule has 0 aromatic heterocycles. The summed E-state index contributed by atoms with van der Waals surface area (Å²) >= 11 is 0. The molecule has 3 rings (SSSR count). The van der Waals surface area contributed by atoms with E-state index in [1.165, 1.54) is 10.4 Å². The first kappa shape index (κ1) is 23.0. The molecule has 0 aliphatic carbocycles. The number of rotatable bonds is 6. The number of hydrogen-bond acceptors (Lipinski definition) is 3. The van der Waals surface area contributed by atoms with Crippen LogP contribution in [0.5, 0.6) is 0 Å². The lowest BCUT2D eigenvalue weighted by Gasteiger charge is -2.48. The summed E-state index contributed by atoms with van der Waals surface area (Å²) in [5.74, 6) is 0.231. The molecular formula is C26H36O3Si. The minimum Gasteiger partial charge on any atom is -0.404 e. The van der Waals surface area contributed by atoms with E-state index in [9.17, 15) is 0 Å². The summed E-state index contributed by atoms with van der Waals surface area (Å²) in [4.78, 5) is 0. The molecule has 0 radical (unpaired) electrons. The van der Waals surface area contributed by atoms with Crippen molar-refractivity contribution in [2.24, 2.45) is 5.92 Å². The van der Waals surface area contributed by atoms with Crippen molar-refractivity contribution in [3.05, 3.63) is 72.8 Å². The van der Waals surface area contributed by atoms with Crippen molar-refractivity contribution in [2.75, 3.05) is 7.11 Å². The van der Waals surface area contributed by atoms with Crippen LogP contribution in [-0.4, -0.2) is 33.9 Å². The van der Waals surface area contributed by atoms with Gasteiger partial charge in [-0.1, -0.05) is 101 Å². The molecule has 162 valence electrons. The second-order valence-electron chi connectivity index (χ2n) is 9.21. The Labute approximate surface area is 183 Å². The molecule has 1 heterocycles. The van der Waals surface area contributed by atoms with Crippen LogP contribution in [0.4, 0.5) is 0 Å². The molecule has 1 aliphatic heterocycles. The average Bonchev–Trinajstić information content (AvgIpc) is 2.74. The number of allylic oxidation sites excluding steroid dienone is 1. The van der Waals surface area contributed by atoms with Crippen LogP contribution < -0.4 is 10.4 Å². The van der Waals surface area contributed by atoms with Crippen molar-refractivity contribution in [1.29, 1.82) is 0 Å². The maximum atomic E-state index is 7.38. The molecular weight excluding hydrogens is 388 g/mol. The van der Waals surface area contributed by atoms with E-state index in [2.05, 4.69) is 101 Å². The molecule has 0 bridgehead atoms. The van der Waals surface area contributed by atoms with Gasteiger partial charge in [-0.3, -0.25) is 0 Å². The van der Waals surface area contributed by atoms with Crippen molar-refractivity contribution >= 4 is 18.7 Å². The summed E-state index contributed by atoms with van der Waals surface area (Å²) in [6, 6.07) is 21.6. The highest BCUT2D eigenvalue weighted by molar-refractivity contribution is 6.99. The van der Waals surface area contributed by atoms with E-state index >= 15 is 0 Å². The van der Waals surface area contributed by atoms with Gasteiger partial charge in [0.05, 0.1) is 12.2 Å². The van der Waals surface area contributed by atoms with Crippen molar-refractivity contribution in [2.45, 2.75) is 64.6 Å². The zero-order valence-electron chi connectivity index (χ0n) is 19.2. The predicted molar refractivity (Wildman–Crippen MR) is 127 cm³/mol. The normalized spacial score (nSPS) is 25.5. The molecule has 1 saturated heterocycles. The standard InChI is InChI=1S/C26H36O3Si/c1-7-14-23-20(2)24(19-25(27-6)28-23)29-30(26(3,4)5,21-15-10-8-11-16-21)22-17-12-9-13-18-22/h7-18,20,23-25H,19H2,1-6H3/b14-7+/t20-,23+,24-,25?/m1/s1. The van der Waals surface area contributed by atoms with Crippen LogP contribution in [0.1, 0.15) is 41.0 Å². The van der Waals surface area contributed by atoms with Crippen LogP contribution in [0, 0.1) is 5.92 Å². The Kier molecular flexibility index (Phi) is 7.35. The smallest absolute Gasteiger partial charge is 0.261 e. The van der Waals surface area contributed by atoms with Crippen molar-refractivity contribution in [3.8, 4) is 0 Å². The Hall–Kier alpha value is -1.72. The minimum absolute atomic E-state index is 0.0167. The quantitative estimate of drug-likeness (QED) is 0.487. The van der Waals surface area contributed by atoms with Gasteiger partial charge in [0.2, 0.25) is 0 Å². The Morgan fingerprint density at radius 1 is 0.967 bits per heavy atom. The van der Waals surface area contributed by atoms with Gasteiger partial charge in [-0.25, -0.2) is 0 Å². The van der Waals surface area contributed by atoms with Crippen LogP contribution in [0.25, 0.3) is 0 Å². The number of ether oxygens (including phenoxy) is 2. The van der Waals surface area contributed by atoms with E-state index in [-0.39, 0.29) is 29.5 Å². The third-order valence-corrected chi connectivity index (χ3v) is 11.3. The molecule has 1 aliphatic rings. The van der Waals surface area contributed by atoms with E-state index in [0.717, 1.165) is 6.42 Å². The minimum atomic E-state index is -2.61. The molecule has 0 N–H and O–H groups in total. The Bertz CT molecular complexity index is 774. The van der Waals surface area contributed by atoms with Crippen LogP contribution in [0.3, 0.4) is 0 Å². The maximum Gasteiger partial charge on any atom is 0.261 e. The Morgan fingerprint density at radius 3 is 1.93 bits per heavy atom. The Balaban J connectivity index is 2.13. The monoisotopic (exact) mass is 424 g/mol. The molecule has 4 atom stereocenters. The van der Waals surface area contributed by atoms with Gasteiger partial charge < -0.3 is 13.9 Å². The first-order valence-corrected chi connectivity index (χ1v) is 12.8. The topological polar surface area (TPSA) is 27.7 Å². The fourth-order valence-electron chi connectivity index (χ4n) is 4.61. The fraction of sp³-hybridized carbons (Fsp3) is 0.462. The maximum absolute atomic E-state index is 7.38. The number of hydrogen-bond donors (Lipinski definition) is 0. The van der Waals surface area contributed by atoms with Gasteiger partial charge in [-0.2, -0.15) is 0 Å². The van der Waals surface area contributed by atoms with Gasteiger partial charge in [0.15, 0.2) is 6.29 Å². The summed E-state index contributed by atoms with van der Waals surface area (Å²) in [5, 5.41) is 2.56. The molecule has 4 heteroatoms. The van der Waals surface area contributed by atoms with Crippen molar-refractivity contribution in [1.82, 2.24) is 0 Å². The van der Waals surface area contributed by atoms with E-state index < -0.39 is 8.32 Å². The SMILES string of the molecule is C/C=C/[C@@H]1OC(OC)C[C@@H](O[Si](c2ccccc2)(c2ccccc2)C(C)(C)C)[C@@H]1C. The highest BCUT2D eigenvalue weighted by Gasteiger charge is 2.53. The van der Waals surface area contributed by atoms with Gasteiger partial charge >= 0.3 is 0 Å². The van der Waals surface area contributed by atoms with E-state index in [0.29, 0.717) is 0 Å². The van der Waals surface area contributed by atoms with Crippen LogP contribution in [0.2, 0.25) is 5.04 Å². The fourth-order valence-corrected chi connectivity index (χ4v) is 9.39. The summed E-state index contributed by atoms with van der Waals surface area (Å²) in [6.45, 7) is 11.2. The Morgan fingerprint density at radius 2 is 1.50 bits per heavy atom. The first-order chi connectivity index (χ1) is 14.3. The van der Waals surface area contributed by atoms with Gasteiger partial charge in [0.25, 0.3) is 8.32 Å². The lowest BCUT2D eigenvalue weighted by atomic mass is 9.92. The molecule has 3 nitrogen and oxygen atoms in total. The van der Waals surface area contributed by atoms with Gasteiger partial charge in [0, 0.05) is 19.4 Å². The molecule has 0 spiro atoms. The first-order valence-electron chi connectivity index (χ1n) is 10.9. The average molecular weight is 425 g/mol. The summed E-state index contributed by atoms with van der Waals surface area (Å²) in [5.41, 5.74) is 0. The number of benzene rings is 2. The van der Waals surface area contributed by atoms with Crippen LogP contribution >= 0.6 is 0 Å². The molecule has 1 fully saturated rings. The molecule has 0 saturated carbocycles. The lowest BCUT2D eigenvalue weighted by Crippen LogP contribution is -2.69. The summed E-state index contributed by atoms with van der Waals surface area (Å²) < 4.78 is 19.2. The third-order valence-electron chi connectivity index (χ3n) is 6.23. The van der Waals surface area contributed by atoms with E-state index in [1.807, 2.05) is 6.92 Å². The highest BCUT2D eigenvalue weighted by Crippen LogP contribution is 2.40. The molecule has 0 amide bonds. The highest BCUT2D eigenvalue weighted by atomic mass is 28.4. The van der Waals surface area contributed by atoms with Crippen molar-refractivity contribution < 1.29 is 13.9 Å². The molecule has 2 aromatic carbocycles. The van der Waals surface area contributed by atoms with E-state index in [1.54, 1.807) is 7.11 Å². The predicted octanol–water partition coefficient (Wildman–Crippen LogP) is 4.91.